The van der Waals surface area contributed by atoms with Crippen LogP contribution in [0.4, 0.5) is 0 Å². The quantitative estimate of drug-likeness (QED) is 0.661. The highest BCUT2D eigenvalue weighted by Crippen LogP contribution is 2.12. The summed E-state index contributed by atoms with van der Waals surface area (Å²) >= 11 is 9.01. The van der Waals surface area contributed by atoms with Gasteiger partial charge in [-0.15, -0.1) is 0 Å². The van der Waals surface area contributed by atoms with Crippen molar-refractivity contribution in [1.29, 1.82) is 0 Å². The van der Waals surface area contributed by atoms with E-state index in [1.807, 2.05) is 0 Å². The molecule has 0 bridgehead atoms. The Morgan fingerprint density at radius 3 is 2.65 bits per heavy atom. The second-order valence-electron chi connectivity index (χ2n) is 3.93. The number of ether oxygens (including phenoxy) is 1. The Balaban J connectivity index is 1.74. The predicted molar refractivity (Wildman–Crippen MR) is 81.2 cm³/mol. The summed E-state index contributed by atoms with van der Waals surface area (Å²) in [7, 11) is 0. The van der Waals surface area contributed by atoms with E-state index in [1.165, 1.54) is 0 Å². The zero-order valence-corrected chi connectivity index (χ0v) is 12.8. The number of hydrogen-bond acceptors (Lipinski definition) is 3. The highest BCUT2D eigenvalue weighted by Gasteiger charge is 2.04. The number of carbonyl (C=O) groups is 1. The van der Waals surface area contributed by atoms with Crippen LogP contribution >= 0.6 is 27.5 Å². The molecule has 0 fully saturated rings. The number of benzene rings is 1. The van der Waals surface area contributed by atoms with E-state index in [2.05, 4.69) is 26.2 Å². The summed E-state index contributed by atoms with van der Waals surface area (Å²) in [5.41, 5.74) is 0.569. The van der Waals surface area contributed by atoms with Crippen LogP contribution in [-0.4, -0.2) is 24.0 Å². The SMILES string of the molecule is O=C(NCCOc1ccc(Br)nc1)c1ccc(Cl)cc1. The first-order chi connectivity index (χ1) is 9.65. The number of hydrogen-bond donors (Lipinski definition) is 1. The minimum atomic E-state index is -0.154. The van der Waals surface area contributed by atoms with Gasteiger partial charge in [-0.05, 0) is 52.3 Å². The predicted octanol–water partition coefficient (Wildman–Crippen LogP) is 3.31. The lowest BCUT2D eigenvalue weighted by Crippen LogP contribution is -2.28. The first-order valence-corrected chi connectivity index (χ1v) is 7.10. The minimum Gasteiger partial charge on any atom is -0.490 e. The molecule has 1 aromatic heterocycles. The lowest BCUT2D eigenvalue weighted by Gasteiger charge is -2.07. The van der Waals surface area contributed by atoms with Crippen molar-refractivity contribution in [3.63, 3.8) is 0 Å². The minimum absolute atomic E-state index is 0.154. The molecule has 0 spiro atoms. The molecule has 0 radical (unpaired) electrons. The average molecular weight is 356 g/mol. The summed E-state index contributed by atoms with van der Waals surface area (Å²) in [6.45, 7) is 0.792. The van der Waals surface area contributed by atoms with Crippen LogP contribution in [0.25, 0.3) is 0 Å². The van der Waals surface area contributed by atoms with Gasteiger partial charge in [0.25, 0.3) is 5.91 Å². The second-order valence-corrected chi connectivity index (χ2v) is 5.18. The molecule has 20 heavy (non-hydrogen) atoms. The Kier molecular flexibility index (Phi) is 5.38. The van der Waals surface area contributed by atoms with Crippen LogP contribution < -0.4 is 10.1 Å². The van der Waals surface area contributed by atoms with Gasteiger partial charge < -0.3 is 10.1 Å². The highest BCUT2D eigenvalue weighted by atomic mass is 79.9. The molecule has 2 aromatic rings. The number of nitrogens with one attached hydrogen (secondary N) is 1. The van der Waals surface area contributed by atoms with Gasteiger partial charge in [0.05, 0.1) is 12.7 Å². The first-order valence-electron chi connectivity index (χ1n) is 5.93. The maximum absolute atomic E-state index is 11.8. The van der Waals surface area contributed by atoms with Gasteiger partial charge in [-0.3, -0.25) is 4.79 Å². The van der Waals surface area contributed by atoms with Crippen molar-refractivity contribution in [2.45, 2.75) is 0 Å². The van der Waals surface area contributed by atoms with Gasteiger partial charge in [-0.25, -0.2) is 4.98 Å². The van der Waals surface area contributed by atoms with Crippen molar-refractivity contribution in [1.82, 2.24) is 10.3 Å². The summed E-state index contributed by atoms with van der Waals surface area (Å²) in [4.78, 5) is 15.8. The van der Waals surface area contributed by atoms with E-state index >= 15 is 0 Å². The molecule has 0 unspecified atom stereocenters. The largest absolute Gasteiger partial charge is 0.490 e. The summed E-state index contributed by atoms with van der Waals surface area (Å²) in [6.07, 6.45) is 1.62. The first kappa shape index (κ1) is 14.8. The molecule has 1 amide bonds. The van der Waals surface area contributed by atoms with Gasteiger partial charge in [0, 0.05) is 10.6 Å². The number of halogens is 2. The summed E-state index contributed by atoms with van der Waals surface area (Å²) in [5.74, 6) is 0.508. The Hall–Kier alpha value is -1.59. The normalized spacial score (nSPS) is 10.1. The molecule has 1 heterocycles. The van der Waals surface area contributed by atoms with E-state index in [0.29, 0.717) is 29.5 Å². The number of amides is 1. The molecular weight excluding hydrogens is 344 g/mol. The summed E-state index contributed by atoms with van der Waals surface area (Å²) < 4.78 is 6.20. The Bertz CT molecular complexity index is 573. The standard InChI is InChI=1S/C14H12BrClN2O2/c15-13-6-5-12(9-18-13)20-8-7-17-14(19)10-1-3-11(16)4-2-10/h1-6,9H,7-8H2,(H,17,19). The fourth-order valence-electron chi connectivity index (χ4n) is 1.48. The number of carbonyl (C=O) groups excluding carboxylic acids is 1. The van der Waals surface area contributed by atoms with E-state index in [0.717, 1.165) is 4.60 Å². The van der Waals surface area contributed by atoms with Crippen LogP contribution in [0.5, 0.6) is 5.75 Å². The van der Waals surface area contributed by atoms with Crippen LogP contribution in [0.2, 0.25) is 5.02 Å². The zero-order chi connectivity index (χ0) is 14.4. The molecular formula is C14H12BrClN2O2. The van der Waals surface area contributed by atoms with Gasteiger partial charge in [-0.2, -0.15) is 0 Å². The fraction of sp³-hybridized carbons (Fsp3) is 0.143. The van der Waals surface area contributed by atoms with Gasteiger partial charge >= 0.3 is 0 Å². The lowest BCUT2D eigenvalue weighted by molar-refractivity contribution is 0.0947. The van der Waals surface area contributed by atoms with E-state index in [-0.39, 0.29) is 5.91 Å². The Morgan fingerprint density at radius 2 is 2.00 bits per heavy atom. The highest BCUT2D eigenvalue weighted by molar-refractivity contribution is 9.10. The topological polar surface area (TPSA) is 51.2 Å². The number of aromatic nitrogens is 1. The molecule has 1 N–H and O–H groups in total. The molecule has 0 aliphatic heterocycles. The Morgan fingerprint density at radius 1 is 1.25 bits per heavy atom. The molecule has 4 nitrogen and oxygen atoms in total. The van der Waals surface area contributed by atoms with Crippen LogP contribution in [0.3, 0.4) is 0 Å². The number of nitrogens with zero attached hydrogens (tertiary/aromatic N) is 1. The molecule has 0 aliphatic carbocycles. The second kappa shape index (κ2) is 7.26. The maximum atomic E-state index is 11.8. The van der Waals surface area contributed by atoms with E-state index < -0.39 is 0 Å². The number of rotatable bonds is 5. The molecule has 0 saturated carbocycles. The molecule has 6 heteroatoms. The van der Waals surface area contributed by atoms with Crippen molar-refractivity contribution in [2.24, 2.45) is 0 Å². The number of pyridine rings is 1. The van der Waals surface area contributed by atoms with Gasteiger partial charge in [-0.1, -0.05) is 11.6 Å². The van der Waals surface area contributed by atoms with Crippen molar-refractivity contribution < 1.29 is 9.53 Å². The third-order valence-corrected chi connectivity index (χ3v) is 3.18. The van der Waals surface area contributed by atoms with Gasteiger partial charge in [0.2, 0.25) is 0 Å². The average Bonchev–Trinajstić information content (AvgIpc) is 2.46. The van der Waals surface area contributed by atoms with Gasteiger partial charge in [0.15, 0.2) is 0 Å². The summed E-state index contributed by atoms with van der Waals surface area (Å²) in [5, 5.41) is 3.37. The monoisotopic (exact) mass is 354 g/mol. The zero-order valence-electron chi connectivity index (χ0n) is 10.5. The van der Waals surface area contributed by atoms with Crippen LogP contribution in [-0.2, 0) is 0 Å². The lowest BCUT2D eigenvalue weighted by atomic mass is 10.2. The fourth-order valence-corrected chi connectivity index (χ4v) is 1.84. The molecule has 0 atom stereocenters. The van der Waals surface area contributed by atoms with Crippen molar-refractivity contribution in [3.8, 4) is 5.75 Å². The summed E-state index contributed by atoms with van der Waals surface area (Å²) in [6, 6.07) is 10.3. The smallest absolute Gasteiger partial charge is 0.251 e. The van der Waals surface area contributed by atoms with E-state index in [1.54, 1.807) is 42.6 Å². The van der Waals surface area contributed by atoms with Crippen LogP contribution in [0.15, 0.2) is 47.2 Å². The third-order valence-electron chi connectivity index (χ3n) is 2.46. The van der Waals surface area contributed by atoms with Crippen LogP contribution in [0, 0.1) is 0 Å². The maximum Gasteiger partial charge on any atom is 0.251 e. The van der Waals surface area contributed by atoms with E-state index in [4.69, 9.17) is 16.3 Å². The third kappa shape index (κ3) is 4.51. The molecule has 2 rings (SSSR count). The van der Waals surface area contributed by atoms with Crippen molar-refractivity contribution in [2.75, 3.05) is 13.2 Å². The van der Waals surface area contributed by atoms with Gasteiger partial charge in [0.1, 0.15) is 17.0 Å². The van der Waals surface area contributed by atoms with Crippen molar-refractivity contribution >= 4 is 33.4 Å². The molecule has 1 aromatic carbocycles. The molecule has 0 saturated heterocycles. The van der Waals surface area contributed by atoms with Crippen LogP contribution in [0.1, 0.15) is 10.4 Å². The van der Waals surface area contributed by atoms with E-state index in [9.17, 15) is 4.79 Å². The Labute approximate surface area is 130 Å². The van der Waals surface area contributed by atoms with Crippen molar-refractivity contribution in [3.05, 3.63) is 57.8 Å². The molecule has 0 aliphatic rings. The molecule has 104 valence electrons.